The molecule has 0 aromatic heterocycles. The number of rotatable bonds is 7. The summed E-state index contributed by atoms with van der Waals surface area (Å²) in [6.07, 6.45) is 7.21. The Morgan fingerprint density at radius 3 is 2.25 bits per heavy atom. The van der Waals surface area contributed by atoms with E-state index in [1.54, 1.807) is 5.28 Å². The zero-order chi connectivity index (χ0) is 9.40. The lowest BCUT2D eigenvalue weighted by Crippen LogP contribution is -2.06. The zero-order valence-electron chi connectivity index (χ0n) is 9.40. The highest BCUT2D eigenvalue weighted by molar-refractivity contribution is 6.55. The van der Waals surface area contributed by atoms with Gasteiger partial charge in [0.05, 0.1) is 0 Å². The SMILES string of the molecule is CCCCCCC(C)[CH2][Al]([CH3])[CH3]. The molecule has 0 fully saturated rings. The van der Waals surface area contributed by atoms with Gasteiger partial charge in [0.15, 0.2) is 0 Å². The lowest BCUT2D eigenvalue weighted by Gasteiger charge is -2.10. The average molecular weight is 184 g/mol. The van der Waals surface area contributed by atoms with Gasteiger partial charge < -0.3 is 0 Å². The second kappa shape index (κ2) is 8.15. The fourth-order valence-corrected chi connectivity index (χ4v) is 3.69. The third-order valence-corrected chi connectivity index (χ3v) is 4.17. The van der Waals surface area contributed by atoms with Gasteiger partial charge in [-0.15, -0.1) is 11.6 Å². The molecule has 1 heteroatoms. The van der Waals surface area contributed by atoms with Crippen LogP contribution in [0.2, 0.25) is 16.9 Å². The van der Waals surface area contributed by atoms with Crippen molar-refractivity contribution in [2.45, 2.75) is 62.8 Å². The van der Waals surface area contributed by atoms with E-state index in [1.807, 2.05) is 0 Å². The van der Waals surface area contributed by atoms with Crippen LogP contribution in [0.3, 0.4) is 0 Å². The number of hydrogen-bond acceptors (Lipinski definition) is 0. The third-order valence-electron chi connectivity index (χ3n) is 2.42. The van der Waals surface area contributed by atoms with Crippen molar-refractivity contribution in [1.29, 1.82) is 0 Å². The molecule has 0 aliphatic heterocycles. The molecule has 1 atom stereocenters. The predicted molar refractivity (Wildman–Crippen MR) is 60.2 cm³/mol. The Morgan fingerprint density at radius 1 is 1.08 bits per heavy atom. The van der Waals surface area contributed by atoms with Crippen LogP contribution in [-0.2, 0) is 0 Å². The smallest absolute Gasteiger partial charge is 0.106 e. The summed E-state index contributed by atoms with van der Waals surface area (Å²) in [5.41, 5.74) is 0. The lowest BCUT2D eigenvalue weighted by atomic mass is 10.0. The van der Waals surface area contributed by atoms with Gasteiger partial charge in [-0.25, -0.2) is 0 Å². The van der Waals surface area contributed by atoms with Crippen molar-refractivity contribution in [1.82, 2.24) is 0 Å². The fraction of sp³-hybridized carbons (Fsp3) is 1.00. The molecule has 0 heterocycles. The Bertz CT molecular complexity index is 89.0. The highest BCUT2D eigenvalue weighted by atomic mass is 27.2. The van der Waals surface area contributed by atoms with Crippen molar-refractivity contribution >= 4 is 14.1 Å². The van der Waals surface area contributed by atoms with E-state index in [4.69, 9.17) is 0 Å². The van der Waals surface area contributed by atoms with Gasteiger partial charge in [-0.3, -0.25) is 0 Å². The summed E-state index contributed by atoms with van der Waals surface area (Å²) in [6, 6.07) is 0. The molecular weight excluding hydrogens is 159 g/mol. The molecule has 0 aromatic rings. The first kappa shape index (κ1) is 12.5. The third kappa shape index (κ3) is 8.63. The Morgan fingerprint density at radius 2 is 1.75 bits per heavy atom. The molecule has 0 saturated carbocycles. The summed E-state index contributed by atoms with van der Waals surface area (Å²) >= 11 is -0.287. The van der Waals surface area contributed by atoms with Crippen LogP contribution in [-0.4, -0.2) is 14.1 Å². The molecule has 0 aliphatic rings. The summed E-state index contributed by atoms with van der Waals surface area (Å²) in [5.74, 6) is 5.93. The van der Waals surface area contributed by atoms with E-state index in [0.717, 1.165) is 5.92 Å². The average Bonchev–Trinajstić information content (AvgIpc) is 1.97. The molecule has 0 bridgehead atoms. The van der Waals surface area contributed by atoms with Crippen molar-refractivity contribution in [3.8, 4) is 0 Å². The van der Waals surface area contributed by atoms with Crippen molar-refractivity contribution in [2.75, 3.05) is 0 Å². The van der Waals surface area contributed by atoms with E-state index in [0.29, 0.717) is 0 Å². The summed E-state index contributed by atoms with van der Waals surface area (Å²) in [5, 5.41) is 1.55. The molecule has 0 radical (unpaired) electrons. The maximum absolute atomic E-state index is 2.46. The van der Waals surface area contributed by atoms with Gasteiger partial charge >= 0.3 is 0 Å². The second-order valence-corrected chi connectivity index (χ2v) is 7.84. The number of unbranched alkanes of at least 4 members (excludes halogenated alkanes) is 3. The monoisotopic (exact) mass is 184 g/mol. The predicted octanol–water partition coefficient (Wildman–Crippen LogP) is 4.35. The van der Waals surface area contributed by atoms with Crippen LogP contribution >= 0.6 is 0 Å². The van der Waals surface area contributed by atoms with E-state index in [1.165, 1.54) is 32.1 Å². The van der Waals surface area contributed by atoms with Crippen LogP contribution in [0.25, 0.3) is 0 Å². The van der Waals surface area contributed by atoms with Crippen LogP contribution in [0, 0.1) is 5.92 Å². The van der Waals surface area contributed by atoms with E-state index in [-0.39, 0.29) is 14.1 Å². The maximum atomic E-state index is 2.46. The maximum Gasteiger partial charge on any atom is 0.255 e. The summed E-state index contributed by atoms with van der Waals surface area (Å²) in [7, 11) is 0. The lowest BCUT2D eigenvalue weighted by molar-refractivity contribution is 0.522. The minimum absolute atomic E-state index is 0.287. The Labute approximate surface area is 83.1 Å². The van der Waals surface area contributed by atoms with Crippen LogP contribution in [0.4, 0.5) is 0 Å². The Kier molecular flexibility index (Phi) is 8.51. The van der Waals surface area contributed by atoms with Crippen LogP contribution in [0.5, 0.6) is 0 Å². The minimum Gasteiger partial charge on any atom is -0.106 e. The molecular formula is C11H25Al. The van der Waals surface area contributed by atoms with Gasteiger partial charge in [0.1, 0.15) is 0 Å². The summed E-state index contributed by atoms with van der Waals surface area (Å²) in [4.78, 5) is 0. The normalized spacial score (nSPS) is 13.0. The topological polar surface area (TPSA) is 0 Å². The van der Waals surface area contributed by atoms with Gasteiger partial charge in [-0.2, -0.15) is 0 Å². The Hall–Kier alpha value is 0.532. The molecule has 0 spiro atoms. The quantitative estimate of drug-likeness (QED) is 0.407. The molecule has 0 aliphatic carbocycles. The first-order valence-corrected chi connectivity index (χ1v) is 8.79. The fourth-order valence-electron chi connectivity index (χ4n) is 1.84. The van der Waals surface area contributed by atoms with Crippen LogP contribution < -0.4 is 0 Å². The molecule has 1 unspecified atom stereocenters. The molecule has 12 heavy (non-hydrogen) atoms. The Balaban J connectivity index is 3.14. The highest BCUT2D eigenvalue weighted by Gasteiger charge is 2.08. The molecule has 72 valence electrons. The largest absolute Gasteiger partial charge is 0.255 e. The van der Waals surface area contributed by atoms with E-state index in [9.17, 15) is 0 Å². The van der Waals surface area contributed by atoms with Crippen molar-refractivity contribution in [2.24, 2.45) is 5.92 Å². The van der Waals surface area contributed by atoms with Crippen molar-refractivity contribution in [3.63, 3.8) is 0 Å². The zero-order valence-corrected chi connectivity index (χ0v) is 10.6. The molecule has 0 N–H and O–H groups in total. The summed E-state index contributed by atoms with van der Waals surface area (Å²) in [6.45, 7) is 4.71. The van der Waals surface area contributed by atoms with Gasteiger partial charge in [0.2, 0.25) is 0 Å². The highest BCUT2D eigenvalue weighted by Crippen LogP contribution is 2.15. The van der Waals surface area contributed by atoms with Gasteiger partial charge in [0, 0.05) is 0 Å². The first-order valence-electron chi connectivity index (χ1n) is 5.66. The molecule has 0 saturated heterocycles. The van der Waals surface area contributed by atoms with E-state index in [2.05, 4.69) is 25.4 Å². The van der Waals surface area contributed by atoms with Gasteiger partial charge in [-0.1, -0.05) is 57.2 Å². The van der Waals surface area contributed by atoms with Crippen molar-refractivity contribution in [3.05, 3.63) is 0 Å². The van der Waals surface area contributed by atoms with Crippen LogP contribution in [0.15, 0.2) is 0 Å². The van der Waals surface area contributed by atoms with Gasteiger partial charge in [0.25, 0.3) is 14.1 Å². The van der Waals surface area contributed by atoms with Crippen LogP contribution in [0.1, 0.15) is 46.0 Å². The molecule has 0 rings (SSSR count). The molecule has 0 aromatic carbocycles. The standard InChI is InChI=1S/C9H19.2CH3.Al/c1-4-5-6-7-8-9(2)3;;;/h9H,2,4-8H2,1,3H3;2*1H3;. The second-order valence-electron chi connectivity index (χ2n) is 4.58. The minimum atomic E-state index is -0.287. The van der Waals surface area contributed by atoms with Crippen molar-refractivity contribution < 1.29 is 0 Å². The van der Waals surface area contributed by atoms with E-state index < -0.39 is 0 Å². The number of hydrogen-bond donors (Lipinski definition) is 0. The molecule has 0 nitrogen and oxygen atoms in total. The summed E-state index contributed by atoms with van der Waals surface area (Å²) < 4.78 is 0. The van der Waals surface area contributed by atoms with Gasteiger partial charge in [-0.05, 0) is 0 Å². The first-order chi connectivity index (χ1) is 5.66. The van der Waals surface area contributed by atoms with E-state index >= 15 is 0 Å². The molecule has 0 amide bonds.